The van der Waals surface area contributed by atoms with Gasteiger partial charge in [-0.05, 0) is 43.9 Å². The molecular formula is C12H20N2O2. The molecule has 3 rings (SSSR count). The van der Waals surface area contributed by atoms with Crippen LogP contribution in [-0.4, -0.2) is 29.8 Å². The first kappa shape index (κ1) is 10.4. The van der Waals surface area contributed by atoms with Crippen molar-refractivity contribution in [2.45, 2.75) is 44.2 Å². The summed E-state index contributed by atoms with van der Waals surface area (Å²) in [5.41, 5.74) is 0. The van der Waals surface area contributed by atoms with Crippen molar-refractivity contribution >= 4 is 6.03 Å². The van der Waals surface area contributed by atoms with Crippen molar-refractivity contribution < 1.29 is 9.90 Å². The largest absolute Gasteiger partial charge is 0.396 e. The Morgan fingerprint density at radius 3 is 2.56 bits per heavy atom. The van der Waals surface area contributed by atoms with Crippen molar-refractivity contribution in [1.29, 1.82) is 0 Å². The van der Waals surface area contributed by atoms with Crippen LogP contribution in [0.1, 0.15) is 32.1 Å². The lowest BCUT2D eigenvalue weighted by Gasteiger charge is -2.30. The lowest BCUT2D eigenvalue weighted by molar-refractivity contribution is 0.144. The number of nitrogens with one attached hydrogen (secondary N) is 2. The Labute approximate surface area is 95.8 Å². The average molecular weight is 224 g/mol. The summed E-state index contributed by atoms with van der Waals surface area (Å²) in [6, 6.07) is 0.590. The van der Waals surface area contributed by atoms with Crippen LogP contribution in [-0.2, 0) is 0 Å². The zero-order chi connectivity index (χ0) is 11.1. The highest BCUT2D eigenvalue weighted by atomic mass is 16.3. The molecule has 4 atom stereocenters. The fraction of sp³-hybridized carbons (Fsp3) is 0.917. The molecular weight excluding hydrogens is 204 g/mol. The number of fused-ring (bicyclic) bond motifs is 2. The predicted octanol–water partition coefficient (Wildman–Crippen LogP) is 0.855. The third-order valence-electron chi connectivity index (χ3n) is 4.51. The molecule has 0 unspecified atom stereocenters. The topological polar surface area (TPSA) is 61.4 Å². The first-order valence-electron chi connectivity index (χ1n) is 6.46. The number of aliphatic hydroxyl groups is 1. The number of amides is 2. The Balaban J connectivity index is 1.58. The molecule has 4 nitrogen and oxygen atoms in total. The van der Waals surface area contributed by atoms with Gasteiger partial charge in [0, 0.05) is 24.6 Å². The van der Waals surface area contributed by atoms with Crippen LogP contribution in [0.2, 0.25) is 0 Å². The molecule has 3 N–H and O–H groups in total. The van der Waals surface area contributed by atoms with Crippen LogP contribution in [0.15, 0.2) is 0 Å². The van der Waals surface area contributed by atoms with Gasteiger partial charge in [-0.25, -0.2) is 4.79 Å². The third kappa shape index (κ3) is 1.79. The zero-order valence-corrected chi connectivity index (χ0v) is 9.48. The number of hydrogen-bond donors (Lipinski definition) is 3. The first-order valence-corrected chi connectivity index (χ1v) is 6.46. The molecule has 0 radical (unpaired) electrons. The lowest BCUT2D eigenvalue weighted by Crippen LogP contribution is -2.49. The molecule has 4 heteroatoms. The minimum absolute atomic E-state index is 0.0292. The van der Waals surface area contributed by atoms with Gasteiger partial charge in [-0.3, -0.25) is 0 Å². The summed E-state index contributed by atoms with van der Waals surface area (Å²) in [6.45, 7) is 0.218. The summed E-state index contributed by atoms with van der Waals surface area (Å²) in [4.78, 5) is 11.7. The van der Waals surface area contributed by atoms with Gasteiger partial charge in [0.25, 0.3) is 0 Å². The second kappa shape index (κ2) is 3.91. The molecule has 0 aromatic rings. The van der Waals surface area contributed by atoms with E-state index < -0.39 is 0 Å². The van der Waals surface area contributed by atoms with Gasteiger partial charge in [0.15, 0.2) is 0 Å². The van der Waals surface area contributed by atoms with Crippen LogP contribution in [0.5, 0.6) is 0 Å². The molecule has 0 aliphatic heterocycles. The molecule has 2 amide bonds. The minimum Gasteiger partial charge on any atom is -0.396 e. The monoisotopic (exact) mass is 224 g/mol. The van der Waals surface area contributed by atoms with Crippen molar-refractivity contribution in [3.05, 3.63) is 0 Å². The average Bonchev–Trinajstić information content (AvgIpc) is 2.86. The van der Waals surface area contributed by atoms with Crippen molar-refractivity contribution in [3.63, 3.8) is 0 Å². The number of urea groups is 1. The molecule has 0 aromatic carbocycles. The SMILES string of the molecule is O=C(NC1CC1)N[C@H]1[C@H]2CC[C@@H](C2)[C@H]1CO. The fourth-order valence-corrected chi connectivity index (χ4v) is 3.50. The van der Waals surface area contributed by atoms with E-state index in [2.05, 4.69) is 10.6 Å². The van der Waals surface area contributed by atoms with Crippen molar-refractivity contribution in [2.75, 3.05) is 6.61 Å². The smallest absolute Gasteiger partial charge is 0.315 e. The Kier molecular flexibility index (Phi) is 2.54. The summed E-state index contributed by atoms with van der Waals surface area (Å²) in [7, 11) is 0. The predicted molar refractivity (Wildman–Crippen MR) is 59.9 cm³/mol. The van der Waals surface area contributed by atoms with Gasteiger partial charge >= 0.3 is 6.03 Å². The number of carbonyl (C=O) groups is 1. The van der Waals surface area contributed by atoms with Gasteiger partial charge in [-0.15, -0.1) is 0 Å². The Morgan fingerprint density at radius 2 is 1.88 bits per heavy atom. The van der Waals surface area contributed by atoms with E-state index in [1.807, 2.05) is 0 Å². The number of carbonyl (C=O) groups excluding carboxylic acids is 1. The van der Waals surface area contributed by atoms with E-state index in [-0.39, 0.29) is 18.7 Å². The van der Waals surface area contributed by atoms with E-state index in [0.29, 0.717) is 23.8 Å². The summed E-state index contributed by atoms with van der Waals surface area (Å²) >= 11 is 0. The van der Waals surface area contributed by atoms with Gasteiger partial charge in [0.05, 0.1) is 0 Å². The Morgan fingerprint density at radius 1 is 1.12 bits per heavy atom. The van der Waals surface area contributed by atoms with Gasteiger partial charge in [-0.2, -0.15) is 0 Å². The normalized spacial score (nSPS) is 41.1. The number of aliphatic hydroxyl groups excluding tert-OH is 1. The maximum absolute atomic E-state index is 11.7. The molecule has 3 fully saturated rings. The molecule has 0 heterocycles. The van der Waals surface area contributed by atoms with Crippen LogP contribution < -0.4 is 10.6 Å². The van der Waals surface area contributed by atoms with Crippen LogP contribution >= 0.6 is 0 Å². The van der Waals surface area contributed by atoms with Crippen LogP contribution in [0.25, 0.3) is 0 Å². The summed E-state index contributed by atoms with van der Waals surface area (Å²) in [5, 5.41) is 15.4. The quantitative estimate of drug-likeness (QED) is 0.665. The van der Waals surface area contributed by atoms with Gasteiger partial charge in [0.2, 0.25) is 0 Å². The molecule has 90 valence electrons. The molecule has 0 spiro atoms. The van der Waals surface area contributed by atoms with Crippen molar-refractivity contribution in [3.8, 4) is 0 Å². The zero-order valence-electron chi connectivity index (χ0n) is 9.48. The molecule has 3 aliphatic carbocycles. The van der Waals surface area contributed by atoms with E-state index in [1.165, 1.54) is 19.3 Å². The minimum atomic E-state index is -0.0292. The molecule has 16 heavy (non-hydrogen) atoms. The van der Waals surface area contributed by atoms with Gasteiger partial charge in [0.1, 0.15) is 0 Å². The third-order valence-corrected chi connectivity index (χ3v) is 4.51. The van der Waals surface area contributed by atoms with E-state index in [4.69, 9.17) is 0 Å². The van der Waals surface area contributed by atoms with Crippen molar-refractivity contribution in [1.82, 2.24) is 10.6 Å². The second-order valence-electron chi connectivity index (χ2n) is 5.60. The fourth-order valence-electron chi connectivity index (χ4n) is 3.50. The first-order chi connectivity index (χ1) is 7.78. The highest BCUT2D eigenvalue weighted by molar-refractivity contribution is 5.75. The summed E-state index contributed by atoms with van der Waals surface area (Å²) in [5.74, 6) is 1.54. The highest BCUT2D eigenvalue weighted by Gasteiger charge is 2.47. The van der Waals surface area contributed by atoms with E-state index in [0.717, 1.165) is 12.8 Å². The van der Waals surface area contributed by atoms with Crippen LogP contribution in [0, 0.1) is 17.8 Å². The van der Waals surface area contributed by atoms with Gasteiger partial charge in [-0.1, -0.05) is 0 Å². The molecule has 3 aliphatic rings. The molecule has 0 saturated heterocycles. The lowest BCUT2D eigenvalue weighted by atomic mass is 9.85. The number of hydrogen-bond acceptors (Lipinski definition) is 2. The Bertz CT molecular complexity index is 291. The van der Waals surface area contributed by atoms with Crippen molar-refractivity contribution in [2.24, 2.45) is 17.8 Å². The maximum Gasteiger partial charge on any atom is 0.315 e. The Hall–Kier alpha value is -0.770. The maximum atomic E-state index is 11.7. The highest BCUT2D eigenvalue weighted by Crippen LogP contribution is 2.48. The molecule has 2 bridgehead atoms. The van der Waals surface area contributed by atoms with E-state index in [9.17, 15) is 9.90 Å². The van der Waals surface area contributed by atoms with Gasteiger partial charge < -0.3 is 15.7 Å². The standard InChI is InChI=1S/C12H20N2O2/c15-6-10-7-1-2-8(5-7)11(10)14-12(16)13-9-3-4-9/h7-11,15H,1-6H2,(H2,13,14,16)/t7-,8-,10+,11-/m0/s1. The molecule has 3 saturated carbocycles. The van der Waals surface area contributed by atoms with Crippen LogP contribution in [0.4, 0.5) is 4.79 Å². The number of rotatable bonds is 3. The second-order valence-corrected chi connectivity index (χ2v) is 5.60. The van der Waals surface area contributed by atoms with E-state index >= 15 is 0 Å². The summed E-state index contributed by atoms with van der Waals surface area (Å²) < 4.78 is 0. The van der Waals surface area contributed by atoms with E-state index in [1.54, 1.807) is 0 Å². The molecule has 0 aromatic heterocycles. The summed E-state index contributed by atoms with van der Waals surface area (Å²) in [6.07, 6.45) is 5.88. The van der Waals surface area contributed by atoms with Crippen LogP contribution in [0.3, 0.4) is 0 Å².